The summed E-state index contributed by atoms with van der Waals surface area (Å²) in [5.74, 6) is 6.20. The molecule has 0 amide bonds. The first-order valence-electron chi connectivity index (χ1n) is 6.17. The zero-order valence-corrected chi connectivity index (χ0v) is 10.6. The van der Waals surface area contributed by atoms with Crippen molar-refractivity contribution in [2.45, 2.75) is 65.4 Å². The molecule has 0 saturated carbocycles. The Morgan fingerprint density at radius 3 is 2.06 bits per heavy atom. The molecule has 1 rings (SSSR count). The minimum atomic E-state index is -0.394. The predicted octanol–water partition coefficient (Wildman–Crippen LogP) is 3.30. The third kappa shape index (κ3) is 4.70. The maximum atomic E-state index is 11.8. The van der Waals surface area contributed by atoms with E-state index in [1.54, 1.807) is 0 Å². The lowest BCUT2D eigenvalue weighted by atomic mass is 9.97. The van der Waals surface area contributed by atoms with Crippen molar-refractivity contribution in [3.63, 3.8) is 0 Å². The van der Waals surface area contributed by atoms with Gasteiger partial charge in [0.05, 0.1) is 5.41 Å². The van der Waals surface area contributed by atoms with E-state index in [-0.39, 0.29) is 12.1 Å². The Bertz CT molecular complexity index is 274. The van der Waals surface area contributed by atoms with Gasteiger partial charge in [0.1, 0.15) is 6.10 Å². The number of hydrogen-bond acceptors (Lipinski definition) is 2. The minimum Gasteiger partial charge on any atom is -0.462 e. The molecule has 0 fully saturated rings. The van der Waals surface area contributed by atoms with Gasteiger partial charge >= 0.3 is 5.97 Å². The summed E-state index contributed by atoms with van der Waals surface area (Å²) in [5, 5.41) is 0. The molecule has 0 unspecified atom stereocenters. The number of rotatable bonds is 1. The molecule has 0 aliphatic heterocycles. The van der Waals surface area contributed by atoms with Crippen LogP contribution in [0.4, 0.5) is 0 Å². The van der Waals surface area contributed by atoms with E-state index in [1.807, 2.05) is 20.8 Å². The summed E-state index contributed by atoms with van der Waals surface area (Å²) in [6.45, 7) is 5.69. The van der Waals surface area contributed by atoms with E-state index < -0.39 is 5.41 Å². The van der Waals surface area contributed by atoms with E-state index in [0.717, 1.165) is 38.5 Å². The Morgan fingerprint density at radius 2 is 1.62 bits per heavy atom. The molecule has 0 saturated heterocycles. The van der Waals surface area contributed by atoms with Gasteiger partial charge in [-0.3, -0.25) is 4.79 Å². The van der Waals surface area contributed by atoms with Crippen LogP contribution in [0.5, 0.6) is 0 Å². The minimum absolute atomic E-state index is 0.0855. The number of esters is 1. The molecule has 0 radical (unpaired) electrons. The molecule has 1 aliphatic rings. The summed E-state index contributed by atoms with van der Waals surface area (Å²) in [7, 11) is 0. The SMILES string of the molecule is CC(C)(C)C(=O)OC1CCCC#CCCC1. The molecule has 1 aliphatic carbocycles. The van der Waals surface area contributed by atoms with E-state index in [4.69, 9.17) is 4.74 Å². The van der Waals surface area contributed by atoms with Crippen molar-refractivity contribution in [3.05, 3.63) is 0 Å². The fraction of sp³-hybridized carbons (Fsp3) is 0.786. The van der Waals surface area contributed by atoms with Gasteiger partial charge in [-0.25, -0.2) is 0 Å². The highest BCUT2D eigenvalue weighted by molar-refractivity contribution is 5.75. The summed E-state index contributed by atoms with van der Waals surface area (Å²) < 4.78 is 5.55. The van der Waals surface area contributed by atoms with Gasteiger partial charge in [-0.15, -0.1) is 11.8 Å². The van der Waals surface area contributed by atoms with E-state index in [1.165, 1.54) is 0 Å². The van der Waals surface area contributed by atoms with Gasteiger partial charge in [0.15, 0.2) is 0 Å². The molecule has 0 N–H and O–H groups in total. The van der Waals surface area contributed by atoms with Crippen molar-refractivity contribution in [1.29, 1.82) is 0 Å². The van der Waals surface area contributed by atoms with Crippen molar-refractivity contribution >= 4 is 5.97 Å². The summed E-state index contributed by atoms with van der Waals surface area (Å²) in [6.07, 6.45) is 5.94. The predicted molar refractivity (Wildman–Crippen MR) is 64.8 cm³/mol. The quantitative estimate of drug-likeness (QED) is 0.502. The summed E-state index contributed by atoms with van der Waals surface area (Å²) in [4.78, 5) is 11.8. The highest BCUT2D eigenvalue weighted by atomic mass is 16.5. The second-order valence-corrected chi connectivity index (χ2v) is 5.42. The Hall–Kier alpha value is -0.970. The van der Waals surface area contributed by atoms with Crippen LogP contribution in [0.2, 0.25) is 0 Å². The van der Waals surface area contributed by atoms with Gasteiger partial charge in [0.25, 0.3) is 0 Å². The van der Waals surface area contributed by atoms with Crippen LogP contribution >= 0.6 is 0 Å². The second-order valence-electron chi connectivity index (χ2n) is 5.42. The lowest BCUT2D eigenvalue weighted by molar-refractivity contribution is -0.159. The van der Waals surface area contributed by atoms with Crippen LogP contribution in [-0.2, 0) is 9.53 Å². The number of carbonyl (C=O) groups excluding carboxylic acids is 1. The van der Waals surface area contributed by atoms with Crippen LogP contribution in [0.3, 0.4) is 0 Å². The van der Waals surface area contributed by atoms with Crippen molar-refractivity contribution in [2.24, 2.45) is 5.41 Å². The smallest absolute Gasteiger partial charge is 0.311 e. The Morgan fingerprint density at radius 1 is 1.12 bits per heavy atom. The Balaban J connectivity index is 2.43. The van der Waals surface area contributed by atoms with E-state index in [0.29, 0.717) is 0 Å². The Kier molecular flexibility index (Phi) is 4.86. The number of hydrogen-bond donors (Lipinski definition) is 0. The van der Waals surface area contributed by atoms with Gasteiger partial charge in [-0.1, -0.05) is 0 Å². The van der Waals surface area contributed by atoms with Gasteiger partial charge in [0.2, 0.25) is 0 Å². The molecule has 0 aromatic heterocycles. The first-order valence-corrected chi connectivity index (χ1v) is 6.17. The summed E-state index contributed by atoms with van der Waals surface area (Å²) >= 11 is 0. The highest BCUT2D eigenvalue weighted by Gasteiger charge is 2.26. The molecule has 0 aromatic carbocycles. The zero-order valence-electron chi connectivity index (χ0n) is 10.6. The first-order chi connectivity index (χ1) is 7.50. The summed E-state index contributed by atoms with van der Waals surface area (Å²) in [5.41, 5.74) is -0.394. The fourth-order valence-corrected chi connectivity index (χ4v) is 1.60. The van der Waals surface area contributed by atoms with Gasteiger partial charge in [-0.05, 0) is 46.5 Å². The van der Waals surface area contributed by atoms with Crippen LogP contribution < -0.4 is 0 Å². The Labute approximate surface area is 98.8 Å². The molecule has 0 heterocycles. The van der Waals surface area contributed by atoms with Crippen molar-refractivity contribution in [2.75, 3.05) is 0 Å². The third-order valence-electron chi connectivity index (χ3n) is 2.67. The van der Waals surface area contributed by atoms with Gasteiger partial charge in [0, 0.05) is 12.8 Å². The molecule has 2 nitrogen and oxygen atoms in total. The molecular formula is C14H22O2. The van der Waals surface area contributed by atoms with E-state index in [2.05, 4.69) is 11.8 Å². The summed E-state index contributed by atoms with van der Waals surface area (Å²) in [6, 6.07) is 0. The molecule has 16 heavy (non-hydrogen) atoms. The molecule has 2 heteroatoms. The monoisotopic (exact) mass is 222 g/mol. The van der Waals surface area contributed by atoms with Crippen molar-refractivity contribution < 1.29 is 9.53 Å². The van der Waals surface area contributed by atoms with Crippen LogP contribution in [0.15, 0.2) is 0 Å². The van der Waals surface area contributed by atoms with Gasteiger partial charge < -0.3 is 4.74 Å². The second kappa shape index (κ2) is 5.94. The van der Waals surface area contributed by atoms with Crippen LogP contribution in [0, 0.1) is 17.3 Å². The molecule has 0 bridgehead atoms. The first kappa shape index (κ1) is 13.1. The number of carbonyl (C=O) groups is 1. The molecule has 0 atom stereocenters. The average Bonchev–Trinajstić information content (AvgIpc) is 2.30. The van der Waals surface area contributed by atoms with E-state index in [9.17, 15) is 4.79 Å². The van der Waals surface area contributed by atoms with Crippen molar-refractivity contribution in [3.8, 4) is 11.8 Å². The molecule has 0 aromatic rings. The number of ether oxygens (including phenoxy) is 1. The molecule has 0 spiro atoms. The van der Waals surface area contributed by atoms with E-state index >= 15 is 0 Å². The van der Waals surface area contributed by atoms with Crippen molar-refractivity contribution in [1.82, 2.24) is 0 Å². The lowest BCUT2D eigenvalue weighted by Gasteiger charge is -2.23. The standard InChI is InChI=1S/C14H22O2/c1-14(2,3)13(15)16-12-10-8-6-4-5-7-9-11-12/h12H,6-11H2,1-3H3. The van der Waals surface area contributed by atoms with Crippen LogP contribution in [-0.4, -0.2) is 12.1 Å². The molecular weight excluding hydrogens is 200 g/mol. The maximum absolute atomic E-state index is 11.8. The highest BCUT2D eigenvalue weighted by Crippen LogP contribution is 2.20. The lowest BCUT2D eigenvalue weighted by Crippen LogP contribution is -2.28. The zero-order chi connectivity index (χ0) is 12.0. The average molecular weight is 222 g/mol. The maximum Gasteiger partial charge on any atom is 0.311 e. The largest absolute Gasteiger partial charge is 0.462 e. The normalized spacial score (nSPS) is 18.7. The third-order valence-corrected chi connectivity index (χ3v) is 2.67. The van der Waals surface area contributed by atoms with Gasteiger partial charge in [-0.2, -0.15) is 0 Å². The van der Waals surface area contributed by atoms with Crippen LogP contribution in [0.1, 0.15) is 59.3 Å². The van der Waals surface area contributed by atoms with Crippen LogP contribution in [0.25, 0.3) is 0 Å². The fourth-order valence-electron chi connectivity index (χ4n) is 1.60. The topological polar surface area (TPSA) is 26.3 Å². The molecule has 90 valence electrons.